The Kier molecular flexibility index (Phi) is 11.7. The summed E-state index contributed by atoms with van der Waals surface area (Å²) in [5.74, 6) is 0. The van der Waals surface area contributed by atoms with Crippen LogP contribution in [-0.4, -0.2) is 9.13 Å². The van der Waals surface area contributed by atoms with Crippen LogP contribution in [0.15, 0.2) is 133 Å². The highest BCUT2D eigenvalue weighted by atomic mass is 15.0. The first-order valence-corrected chi connectivity index (χ1v) is 22.8. The van der Waals surface area contributed by atoms with E-state index in [0.29, 0.717) is 0 Å². The lowest BCUT2D eigenvalue weighted by Crippen LogP contribution is -2.25. The summed E-state index contributed by atoms with van der Waals surface area (Å²) in [6.45, 7) is 4.64. The van der Waals surface area contributed by atoms with Crippen molar-refractivity contribution in [3.05, 3.63) is 156 Å². The Labute approximate surface area is 351 Å². The van der Waals surface area contributed by atoms with Crippen molar-refractivity contribution in [2.45, 2.75) is 109 Å². The molecule has 0 spiro atoms. The monoisotopic (exact) mass is 772 g/mol. The maximum absolute atomic E-state index is 2.57. The SMILES string of the molecule is CCCCCCCCC1(CCCCCCCC)c2cc(/C=C/n3c4ccccc4c4ccccc43)ccc2-c2ccc(/C=C/n3c4ccccc4c4ccccc43)cc21. The van der Waals surface area contributed by atoms with Crippen molar-refractivity contribution in [1.82, 2.24) is 9.13 Å². The zero-order valence-electron chi connectivity index (χ0n) is 35.3. The number of hydrogen-bond acceptors (Lipinski definition) is 0. The largest absolute Gasteiger partial charge is 0.316 e. The van der Waals surface area contributed by atoms with Gasteiger partial charge < -0.3 is 9.13 Å². The zero-order chi connectivity index (χ0) is 40.0. The van der Waals surface area contributed by atoms with Crippen LogP contribution in [0.1, 0.15) is 126 Å². The second-order valence-electron chi connectivity index (χ2n) is 17.2. The van der Waals surface area contributed by atoms with Crippen LogP contribution in [0.5, 0.6) is 0 Å². The Hall–Kier alpha value is -5.60. The molecule has 8 aromatic rings. The summed E-state index contributed by atoms with van der Waals surface area (Å²) in [6, 6.07) is 50.0. The van der Waals surface area contributed by atoms with Gasteiger partial charge in [-0.05, 0) is 82.6 Å². The molecule has 298 valence electrons. The molecule has 1 aliphatic rings. The van der Waals surface area contributed by atoms with E-state index < -0.39 is 0 Å². The highest BCUT2D eigenvalue weighted by Gasteiger charge is 2.42. The molecule has 0 bridgehead atoms. The van der Waals surface area contributed by atoms with Gasteiger partial charge in [0.05, 0.1) is 22.1 Å². The maximum Gasteiger partial charge on any atom is 0.0534 e. The summed E-state index contributed by atoms with van der Waals surface area (Å²) in [7, 11) is 0. The van der Waals surface area contributed by atoms with E-state index in [9.17, 15) is 0 Å². The van der Waals surface area contributed by atoms with Gasteiger partial charge in [-0.15, -0.1) is 0 Å². The number of nitrogens with zero attached hydrogens (tertiary/aromatic N) is 2. The van der Waals surface area contributed by atoms with Gasteiger partial charge in [0, 0.05) is 39.4 Å². The van der Waals surface area contributed by atoms with Gasteiger partial charge in [-0.1, -0.05) is 200 Å². The molecule has 0 N–H and O–H groups in total. The van der Waals surface area contributed by atoms with E-state index in [4.69, 9.17) is 0 Å². The standard InChI is InChI=1S/C57H60N2/c1-3-5-7-9-11-21-37-57(38-22-12-10-8-6-4-2)51-41-43(35-39-58-53-27-17-13-23-47(53)48-24-14-18-28-54(48)58)31-33-45(51)46-34-32-44(42-52(46)57)36-40-59-55-29-19-15-25-49(55)50-26-16-20-30-56(50)59/h13-20,23-36,39-42H,3-12,21-22,37-38H2,1-2H3/b39-35+,40-36+. The average molecular weight is 773 g/mol. The van der Waals surface area contributed by atoms with E-state index in [0.717, 1.165) is 0 Å². The van der Waals surface area contributed by atoms with Crippen LogP contribution in [0.4, 0.5) is 0 Å². The van der Waals surface area contributed by atoms with Gasteiger partial charge in [-0.25, -0.2) is 0 Å². The van der Waals surface area contributed by atoms with Gasteiger partial charge in [-0.2, -0.15) is 0 Å². The van der Waals surface area contributed by atoms with Crippen LogP contribution >= 0.6 is 0 Å². The molecule has 0 amide bonds. The smallest absolute Gasteiger partial charge is 0.0534 e. The minimum Gasteiger partial charge on any atom is -0.316 e. The molecule has 0 radical (unpaired) electrons. The van der Waals surface area contributed by atoms with E-state index in [-0.39, 0.29) is 5.41 Å². The van der Waals surface area contributed by atoms with Crippen LogP contribution in [-0.2, 0) is 5.41 Å². The highest BCUT2D eigenvalue weighted by Crippen LogP contribution is 2.55. The molecule has 0 saturated heterocycles. The van der Waals surface area contributed by atoms with Gasteiger partial charge in [0.25, 0.3) is 0 Å². The lowest BCUT2D eigenvalue weighted by Gasteiger charge is -2.33. The van der Waals surface area contributed by atoms with Crippen molar-refractivity contribution in [2.24, 2.45) is 0 Å². The molecule has 0 saturated carbocycles. The van der Waals surface area contributed by atoms with Gasteiger partial charge in [-0.3, -0.25) is 0 Å². The topological polar surface area (TPSA) is 9.86 Å². The number of para-hydroxylation sites is 4. The summed E-state index contributed by atoms with van der Waals surface area (Å²) >= 11 is 0. The maximum atomic E-state index is 2.57. The van der Waals surface area contributed by atoms with E-state index >= 15 is 0 Å². The normalized spacial score (nSPS) is 13.5. The molecule has 59 heavy (non-hydrogen) atoms. The number of unbranched alkanes of at least 4 members (excludes halogenated alkanes) is 10. The van der Waals surface area contributed by atoms with Crippen LogP contribution in [0.25, 0.3) is 79.3 Å². The quantitative estimate of drug-likeness (QED) is 0.0769. The first-order valence-electron chi connectivity index (χ1n) is 22.8. The van der Waals surface area contributed by atoms with Crippen molar-refractivity contribution < 1.29 is 0 Å². The van der Waals surface area contributed by atoms with Crippen LogP contribution in [0, 0.1) is 0 Å². The molecule has 2 heterocycles. The van der Waals surface area contributed by atoms with Gasteiger partial charge in [0.15, 0.2) is 0 Å². The van der Waals surface area contributed by atoms with Crippen molar-refractivity contribution in [3.8, 4) is 11.1 Å². The fourth-order valence-corrected chi connectivity index (χ4v) is 10.4. The molecule has 0 unspecified atom stereocenters. The summed E-state index contributed by atoms with van der Waals surface area (Å²) in [4.78, 5) is 0. The number of rotatable bonds is 18. The zero-order valence-corrected chi connectivity index (χ0v) is 35.3. The molecule has 2 nitrogen and oxygen atoms in total. The second-order valence-corrected chi connectivity index (χ2v) is 17.2. The lowest BCUT2D eigenvalue weighted by molar-refractivity contribution is 0.398. The first kappa shape index (κ1) is 38.9. The molecule has 1 aliphatic carbocycles. The number of benzene rings is 6. The van der Waals surface area contributed by atoms with Crippen molar-refractivity contribution >= 4 is 68.2 Å². The van der Waals surface area contributed by atoms with Crippen molar-refractivity contribution in [2.75, 3.05) is 0 Å². The predicted molar refractivity (Wildman–Crippen MR) is 258 cm³/mol. The number of aromatic nitrogens is 2. The Bertz CT molecular complexity index is 2470. The molecule has 0 aliphatic heterocycles. The third-order valence-electron chi connectivity index (χ3n) is 13.4. The van der Waals surface area contributed by atoms with Crippen LogP contribution in [0.3, 0.4) is 0 Å². The first-order chi connectivity index (χ1) is 29.2. The van der Waals surface area contributed by atoms with E-state index in [1.807, 2.05) is 0 Å². The Morgan fingerprint density at radius 3 is 1.10 bits per heavy atom. The van der Waals surface area contributed by atoms with E-state index in [2.05, 4.69) is 181 Å². The van der Waals surface area contributed by atoms with E-state index in [1.54, 1.807) is 11.1 Å². The minimum atomic E-state index is -0.00638. The fraction of sp³-hybridized carbons (Fsp3) is 0.298. The second kappa shape index (κ2) is 17.7. The third-order valence-corrected chi connectivity index (χ3v) is 13.4. The Morgan fingerprint density at radius 2 is 0.729 bits per heavy atom. The molecular formula is C57H60N2. The molecule has 9 rings (SSSR count). The lowest BCUT2D eigenvalue weighted by atomic mass is 9.70. The fourth-order valence-electron chi connectivity index (χ4n) is 10.4. The summed E-state index contributed by atoms with van der Waals surface area (Å²) in [6.07, 6.45) is 27.5. The predicted octanol–water partition coefficient (Wildman–Crippen LogP) is 16.9. The number of fused-ring (bicyclic) bond motifs is 9. The van der Waals surface area contributed by atoms with Gasteiger partial charge in [0.2, 0.25) is 0 Å². The molecular weight excluding hydrogens is 713 g/mol. The molecule has 2 heteroatoms. The Balaban J connectivity index is 1.12. The van der Waals surface area contributed by atoms with Crippen LogP contribution in [0.2, 0.25) is 0 Å². The minimum absolute atomic E-state index is 0.00638. The van der Waals surface area contributed by atoms with Crippen molar-refractivity contribution in [3.63, 3.8) is 0 Å². The molecule has 2 aromatic heterocycles. The average Bonchev–Trinajstić information content (AvgIpc) is 3.88. The van der Waals surface area contributed by atoms with Gasteiger partial charge >= 0.3 is 0 Å². The molecule has 6 aromatic carbocycles. The summed E-state index contributed by atoms with van der Waals surface area (Å²) in [5.41, 5.74) is 13.5. The third kappa shape index (κ3) is 7.59. The highest BCUT2D eigenvalue weighted by molar-refractivity contribution is 6.10. The molecule has 0 atom stereocenters. The summed E-state index contributed by atoms with van der Waals surface area (Å²) in [5, 5.41) is 5.21. The Morgan fingerprint density at radius 1 is 0.390 bits per heavy atom. The van der Waals surface area contributed by atoms with Crippen molar-refractivity contribution in [1.29, 1.82) is 0 Å². The summed E-state index contributed by atoms with van der Waals surface area (Å²) < 4.78 is 4.75. The van der Waals surface area contributed by atoms with Gasteiger partial charge in [0.1, 0.15) is 0 Å². The number of hydrogen-bond donors (Lipinski definition) is 0. The van der Waals surface area contributed by atoms with Crippen LogP contribution < -0.4 is 0 Å². The molecule has 0 fully saturated rings. The van der Waals surface area contributed by atoms with E-state index in [1.165, 1.54) is 156 Å².